The molecule has 1 aliphatic rings. The highest BCUT2D eigenvalue weighted by Gasteiger charge is 2.23. The van der Waals surface area contributed by atoms with Crippen LogP contribution in [0.2, 0.25) is 0 Å². The number of amides is 1. The molecule has 0 atom stereocenters. The van der Waals surface area contributed by atoms with Gasteiger partial charge < -0.3 is 0 Å². The van der Waals surface area contributed by atoms with Crippen LogP contribution in [0.15, 0.2) is 48.5 Å². The molecule has 1 amide bonds. The molecule has 2 N–H and O–H groups in total. The van der Waals surface area contributed by atoms with E-state index in [0.29, 0.717) is 16.4 Å². The molecule has 84 valence electrons. The minimum Gasteiger partial charge on any atom is -0.271 e. The highest BCUT2D eigenvalue weighted by molar-refractivity contribution is 6.04. The van der Waals surface area contributed by atoms with Crippen LogP contribution in [0.5, 0.6) is 0 Å². The number of rotatable bonds is 0. The Labute approximate surface area is 98.0 Å². The molecule has 0 bridgehead atoms. The Morgan fingerprint density at radius 1 is 0.882 bits per heavy atom. The van der Waals surface area contributed by atoms with Crippen LogP contribution in [-0.4, -0.2) is 16.3 Å². The summed E-state index contributed by atoms with van der Waals surface area (Å²) in [5.74, 6) is -0.461. The fraction of sp³-hybridized carbons (Fsp3) is 0. The number of hydrogen-bond acceptors (Lipinski definition) is 3. The van der Waals surface area contributed by atoms with Crippen LogP contribution >= 0.6 is 0 Å². The molecule has 2 aromatic rings. The first-order valence-corrected chi connectivity index (χ1v) is 5.26. The molecule has 1 heterocycles. The third kappa shape index (κ3) is 1.46. The van der Waals surface area contributed by atoms with E-state index in [2.05, 4.69) is 5.43 Å². The monoisotopic (exact) mass is 226 g/mol. The first-order valence-electron chi connectivity index (χ1n) is 5.26. The molecule has 4 heteroatoms. The van der Waals surface area contributed by atoms with E-state index in [-0.39, 0.29) is 0 Å². The van der Waals surface area contributed by atoms with Crippen molar-refractivity contribution < 1.29 is 10.0 Å². The number of anilines is 1. The second-order valence-electron chi connectivity index (χ2n) is 3.82. The first kappa shape index (κ1) is 9.86. The summed E-state index contributed by atoms with van der Waals surface area (Å²) >= 11 is 0. The van der Waals surface area contributed by atoms with Crippen LogP contribution in [0.1, 0.15) is 10.4 Å². The maximum absolute atomic E-state index is 11.9. The molecular formula is C13H10N2O2. The molecule has 1 aliphatic heterocycles. The molecule has 17 heavy (non-hydrogen) atoms. The van der Waals surface area contributed by atoms with Gasteiger partial charge in [0.1, 0.15) is 0 Å². The van der Waals surface area contributed by atoms with Gasteiger partial charge in [-0.25, -0.2) is 0 Å². The molecule has 2 aromatic carbocycles. The van der Waals surface area contributed by atoms with E-state index in [1.165, 1.54) is 0 Å². The Balaban J connectivity index is 2.33. The number of carbonyl (C=O) groups excluding carboxylic acids is 1. The van der Waals surface area contributed by atoms with E-state index < -0.39 is 5.91 Å². The van der Waals surface area contributed by atoms with Gasteiger partial charge in [0.05, 0.1) is 11.3 Å². The fourth-order valence-corrected chi connectivity index (χ4v) is 2.00. The lowest BCUT2D eigenvalue weighted by molar-refractivity contribution is -0.0379. The third-order valence-corrected chi connectivity index (χ3v) is 2.79. The molecule has 0 saturated heterocycles. The number of benzene rings is 2. The van der Waals surface area contributed by atoms with Crippen LogP contribution in [0, 0.1) is 0 Å². The Hall–Kier alpha value is -2.33. The van der Waals surface area contributed by atoms with Crippen molar-refractivity contribution in [3.63, 3.8) is 0 Å². The van der Waals surface area contributed by atoms with Crippen LogP contribution in [-0.2, 0) is 0 Å². The van der Waals surface area contributed by atoms with E-state index in [9.17, 15) is 10.0 Å². The average molecular weight is 226 g/mol. The number of hydrogen-bond donors (Lipinski definition) is 2. The van der Waals surface area contributed by atoms with Gasteiger partial charge >= 0.3 is 0 Å². The summed E-state index contributed by atoms with van der Waals surface area (Å²) in [5, 5.41) is 10.1. The van der Waals surface area contributed by atoms with Gasteiger partial charge in [-0.2, -0.15) is 0 Å². The molecule has 3 rings (SSSR count). The van der Waals surface area contributed by atoms with Gasteiger partial charge in [-0.1, -0.05) is 36.4 Å². The zero-order chi connectivity index (χ0) is 11.8. The molecular weight excluding hydrogens is 216 g/mol. The van der Waals surface area contributed by atoms with Gasteiger partial charge in [0.15, 0.2) is 0 Å². The topological polar surface area (TPSA) is 52.6 Å². The summed E-state index contributed by atoms with van der Waals surface area (Å²) in [6.07, 6.45) is 0. The Bertz CT molecular complexity index is 595. The lowest BCUT2D eigenvalue weighted by Gasteiger charge is -2.14. The standard InChI is InChI=1S/C13H10N2O2/c16-13-11-7-2-1-5-9(11)10-6-3-4-8-12(10)14-15(13)17/h1-8,14,17H. The quantitative estimate of drug-likeness (QED) is 0.679. The predicted octanol–water partition coefficient (Wildman–Crippen LogP) is 2.53. The first-order chi connectivity index (χ1) is 8.27. The van der Waals surface area contributed by atoms with Crippen molar-refractivity contribution in [2.45, 2.75) is 0 Å². The predicted molar refractivity (Wildman–Crippen MR) is 63.5 cm³/mol. The second-order valence-corrected chi connectivity index (χ2v) is 3.82. The van der Waals surface area contributed by atoms with Crippen molar-refractivity contribution >= 4 is 11.6 Å². The van der Waals surface area contributed by atoms with Crippen LogP contribution in [0.4, 0.5) is 5.69 Å². The van der Waals surface area contributed by atoms with E-state index in [1.807, 2.05) is 36.4 Å². The van der Waals surface area contributed by atoms with E-state index >= 15 is 0 Å². The summed E-state index contributed by atoms with van der Waals surface area (Å²) in [7, 11) is 0. The second kappa shape index (κ2) is 3.61. The van der Waals surface area contributed by atoms with Gasteiger partial charge in [-0.05, 0) is 17.7 Å². The number of nitrogens with one attached hydrogen (secondary N) is 1. The third-order valence-electron chi connectivity index (χ3n) is 2.79. The molecule has 0 aliphatic carbocycles. The van der Waals surface area contributed by atoms with E-state index in [4.69, 9.17) is 0 Å². The minimum atomic E-state index is -0.461. The smallest absolute Gasteiger partial charge is 0.271 e. The maximum Gasteiger partial charge on any atom is 0.297 e. The molecule has 0 saturated carbocycles. The summed E-state index contributed by atoms with van der Waals surface area (Å²) in [5.41, 5.74) is 5.55. The van der Waals surface area contributed by atoms with Crippen molar-refractivity contribution in [1.82, 2.24) is 5.17 Å². The van der Waals surface area contributed by atoms with Gasteiger partial charge in [0.25, 0.3) is 5.91 Å². The Kier molecular flexibility index (Phi) is 2.09. The van der Waals surface area contributed by atoms with Crippen molar-refractivity contribution in [1.29, 1.82) is 0 Å². The number of para-hydroxylation sites is 1. The minimum absolute atomic E-state index is 0.461. The van der Waals surface area contributed by atoms with E-state index in [1.54, 1.807) is 12.1 Å². The number of fused-ring (bicyclic) bond motifs is 3. The molecule has 0 unspecified atom stereocenters. The van der Waals surface area contributed by atoms with Crippen LogP contribution < -0.4 is 5.43 Å². The zero-order valence-corrected chi connectivity index (χ0v) is 8.92. The van der Waals surface area contributed by atoms with Crippen molar-refractivity contribution in [3.05, 3.63) is 54.1 Å². The molecule has 0 fully saturated rings. The van der Waals surface area contributed by atoms with Crippen molar-refractivity contribution in [2.75, 3.05) is 5.43 Å². The van der Waals surface area contributed by atoms with Crippen LogP contribution in [0.25, 0.3) is 11.1 Å². The lowest BCUT2D eigenvalue weighted by Crippen LogP contribution is -2.31. The summed E-state index contributed by atoms with van der Waals surface area (Å²) in [6, 6.07) is 14.7. The van der Waals surface area contributed by atoms with Crippen molar-refractivity contribution in [3.8, 4) is 11.1 Å². The van der Waals surface area contributed by atoms with Crippen molar-refractivity contribution in [2.24, 2.45) is 0 Å². The maximum atomic E-state index is 11.9. The number of hydrazine groups is 1. The Morgan fingerprint density at radius 3 is 2.24 bits per heavy atom. The SMILES string of the molecule is O=C1c2ccccc2-c2ccccc2NN1O. The average Bonchev–Trinajstić information content (AvgIpc) is 2.48. The zero-order valence-electron chi connectivity index (χ0n) is 8.92. The van der Waals surface area contributed by atoms with Gasteiger partial charge in [0.2, 0.25) is 0 Å². The highest BCUT2D eigenvalue weighted by atomic mass is 16.6. The summed E-state index contributed by atoms with van der Waals surface area (Å²) in [6.45, 7) is 0. The van der Waals surface area contributed by atoms with Gasteiger partial charge in [-0.3, -0.25) is 15.4 Å². The van der Waals surface area contributed by atoms with Gasteiger partial charge in [-0.15, -0.1) is 5.17 Å². The molecule has 0 aromatic heterocycles. The summed E-state index contributed by atoms with van der Waals surface area (Å²) in [4.78, 5) is 11.9. The summed E-state index contributed by atoms with van der Waals surface area (Å²) < 4.78 is 0. The van der Waals surface area contributed by atoms with E-state index in [0.717, 1.165) is 11.1 Å². The number of hydroxylamine groups is 1. The van der Waals surface area contributed by atoms with Gasteiger partial charge in [0, 0.05) is 5.56 Å². The highest BCUT2D eigenvalue weighted by Crippen LogP contribution is 2.33. The lowest BCUT2D eigenvalue weighted by atomic mass is 9.99. The number of carbonyl (C=O) groups is 1. The molecule has 4 nitrogen and oxygen atoms in total. The molecule has 0 spiro atoms. The fourth-order valence-electron chi connectivity index (χ4n) is 2.00. The number of nitrogens with zero attached hydrogens (tertiary/aromatic N) is 1. The molecule has 0 radical (unpaired) electrons. The van der Waals surface area contributed by atoms with Crippen LogP contribution in [0.3, 0.4) is 0 Å². The Morgan fingerprint density at radius 2 is 1.47 bits per heavy atom. The largest absolute Gasteiger partial charge is 0.297 e. The normalized spacial score (nSPS) is 13.5.